The first-order valence-electron chi connectivity index (χ1n) is 6.32. The van der Waals surface area contributed by atoms with Crippen molar-refractivity contribution in [2.24, 2.45) is 0 Å². The molecule has 1 saturated heterocycles. The minimum absolute atomic E-state index is 0.459. The molecule has 1 fully saturated rings. The number of rotatable bonds is 4. The molecule has 98 valence electrons. The summed E-state index contributed by atoms with van der Waals surface area (Å²) in [5.41, 5.74) is 1.18. The van der Waals surface area contributed by atoms with Crippen LogP contribution < -0.4 is 10.0 Å². The van der Waals surface area contributed by atoms with E-state index in [0.29, 0.717) is 19.6 Å². The molecule has 0 saturated carbocycles. The van der Waals surface area contributed by atoms with Gasteiger partial charge in [0.05, 0.1) is 0 Å². The zero-order chi connectivity index (χ0) is 12.1. The number of hydrogen-bond donors (Lipinski definition) is 2. The summed E-state index contributed by atoms with van der Waals surface area (Å²) in [6, 6.07) is 0. The lowest BCUT2D eigenvalue weighted by molar-refractivity contribution is 0.342. The van der Waals surface area contributed by atoms with E-state index in [1.165, 1.54) is 5.57 Å². The Labute approximate surface area is 103 Å². The lowest BCUT2D eigenvalue weighted by Crippen LogP contribution is -2.44. The molecule has 6 heteroatoms. The molecule has 2 rings (SSSR count). The lowest BCUT2D eigenvalue weighted by Gasteiger charge is -2.26. The van der Waals surface area contributed by atoms with E-state index in [1.807, 2.05) is 0 Å². The van der Waals surface area contributed by atoms with Gasteiger partial charge in [-0.1, -0.05) is 18.1 Å². The SMILES string of the molecule is O=S(=O)(NCC1=CCNCC1)N1CCCCC1. The quantitative estimate of drug-likeness (QED) is 0.710. The van der Waals surface area contributed by atoms with Gasteiger partial charge in [0.15, 0.2) is 0 Å². The average Bonchev–Trinajstić information content (AvgIpc) is 2.39. The standard InChI is InChI=1S/C11H21N3O2S/c15-17(16,14-8-2-1-3-9-14)13-10-11-4-6-12-7-5-11/h4,12-13H,1-3,5-10H2. The van der Waals surface area contributed by atoms with Crippen molar-refractivity contribution in [1.29, 1.82) is 0 Å². The largest absolute Gasteiger partial charge is 0.313 e. The van der Waals surface area contributed by atoms with E-state index in [0.717, 1.165) is 38.8 Å². The molecule has 0 atom stereocenters. The zero-order valence-corrected chi connectivity index (χ0v) is 10.9. The minimum atomic E-state index is -3.26. The van der Waals surface area contributed by atoms with E-state index >= 15 is 0 Å². The third kappa shape index (κ3) is 3.77. The summed E-state index contributed by atoms with van der Waals surface area (Å²) in [4.78, 5) is 0. The van der Waals surface area contributed by atoms with Crippen molar-refractivity contribution in [3.8, 4) is 0 Å². The van der Waals surface area contributed by atoms with Gasteiger partial charge in [0.1, 0.15) is 0 Å². The Kier molecular flexibility index (Phi) is 4.55. The van der Waals surface area contributed by atoms with E-state index in [2.05, 4.69) is 16.1 Å². The van der Waals surface area contributed by atoms with E-state index in [4.69, 9.17) is 0 Å². The average molecular weight is 259 g/mol. The maximum atomic E-state index is 12.0. The highest BCUT2D eigenvalue weighted by molar-refractivity contribution is 7.87. The summed E-state index contributed by atoms with van der Waals surface area (Å²) in [6.07, 6.45) is 6.11. The second-order valence-electron chi connectivity index (χ2n) is 4.60. The smallest absolute Gasteiger partial charge is 0.279 e. The van der Waals surface area contributed by atoms with Gasteiger partial charge in [-0.3, -0.25) is 0 Å². The monoisotopic (exact) mass is 259 g/mol. The highest BCUT2D eigenvalue weighted by Crippen LogP contribution is 2.12. The molecule has 2 aliphatic rings. The molecule has 2 heterocycles. The molecule has 0 unspecified atom stereocenters. The van der Waals surface area contributed by atoms with Crippen LogP contribution in [0.1, 0.15) is 25.7 Å². The van der Waals surface area contributed by atoms with Crippen molar-refractivity contribution in [3.05, 3.63) is 11.6 Å². The van der Waals surface area contributed by atoms with Crippen LogP contribution in [0.2, 0.25) is 0 Å². The van der Waals surface area contributed by atoms with Gasteiger partial charge in [-0.15, -0.1) is 0 Å². The van der Waals surface area contributed by atoms with E-state index in [-0.39, 0.29) is 0 Å². The van der Waals surface area contributed by atoms with Crippen LogP contribution in [0.4, 0.5) is 0 Å². The van der Waals surface area contributed by atoms with Gasteiger partial charge in [-0.2, -0.15) is 17.4 Å². The third-order valence-corrected chi connectivity index (χ3v) is 4.85. The minimum Gasteiger partial charge on any atom is -0.313 e. The van der Waals surface area contributed by atoms with Crippen LogP contribution in [-0.4, -0.2) is 45.4 Å². The Morgan fingerprint density at radius 3 is 2.71 bits per heavy atom. The van der Waals surface area contributed by atoms with Crippen molar-refractivity contribution in [3.63, 3.8) is 0 Å². The number of piperidine rings is 1. The summed E-state index contributed by atoms with van der Waals surface area (Å²) in [6.45, 7) is 3.57. The van der Waals surface area contributed by atoms with Crippen molar-refractivity contribution < 1.29 is 8.42 Å². The molecule has 2 aliphatic heterocycles. The summed E-state index contributed by atoms with van der Waals surface area (Å²) < 4.78 is 28.3. The van der Waals surface area contributed by atoms with Crippen molar-refractivity contribution in [2.75, 3.05) is 32.7 Å². The maximum Gasteiger partial charge on any atom is 0.279 e. The van der Waals surface area contributed by atoms with Crippen LogP contribution >= 0.6 is 0 Å². The Morgan fingerprint density at radius 1 is 1.29 bits per heavy atom. The van der Waals surface area contributed by atoms with Crippen LogP contribution in [0.25, 0.3) is 0 Å². The van der Waals surface area contributed by atoms with Crippen LogP contribution in [0.3, 0.4) is 0 Å². The number of nitrogens with one attached hydrogen (secondary N) is 2. The molecule has 0 radical (unpaired) electrons. The van der Waals surface area contributed by atoms with Gasteiger partial charge in [0, 0.05) is 26.2 Å². The topological polar surface area (TPSA) is 61.4 Å². The first-order chi connectivity index (χ1) is 8.18. The first-order valence-corrected chi connectivity index (χ1v) is 7.76. The van der Waals surface area contributed by atoms with E-state index < -0.39 is 10.2 Å². The lowest BCUT2D eigenvalue weighted by atomic mass is 10.1. The Hall–Kier alpha value is -0.430. The number of hydrogen-bond acceptors (Lipinski definition) is 3. The fourth-order valence-electron chi connectivity index (χ4n) is 2.21. The van der Waals surface area contributed by atoms with Gasteiger partial charge in [0.25, 0.3) is 10.2 Å². The fourth-order valence-corrected chi connectivity index (χ4v) is 3.50. The molecule has 5 nitrogen and oxygen atoms in total. The van der Waals surface area contributed by atoms with Crippen LogP contribution in [0.15, 0.2) is 11.6 Å². The van der Waals surface area contributed by atoms with Gasteiger partial charge >= 0.3 is 0 Å². The Bertz CT molecular complexity index is 372. The summed E-state index contributed by atoms with van der Waals surface area (Å²) >= 11 is 0. The van der Waals surface area contributed by atoms with Gasteiger partial charge in [-0.25, -0.2) is 0 Å². The molecule has 0 aliphatic carbocycles. The van der Waals surface area contributed by atoms with E-state index in [1.54, 1.807) is 4.31 Å². The van der Waals surface area contributed by atoms with Crippen LogP contribution in [-0.2, 0) is 10.2 Å². The molecule has 0 bridgehead atoms. The zero-order valence-electron chi connectivity index (χ0n) is 10.1. The third-order valence-electron chi connectivity index (χ3n) is 3.29. The molecule has 0 amide bonds. The van der Waals surface area contributed by atoms with Crippen molar-refractivity contribution in [2.45, 2.75) is 25.7 Å². The van der Waals surface area contributed by atoms with Gasteiger partial charge in [0.2, 0.25) is 0 Å². The highest BCUT2D eigenvalue weighted by Gasteiger charge is 2.23. The first kappa shape index (κ1) is 13.0. The molecule has 2 N–H and O–H groups in total. The predicted molar refractivity (Wildman–Crippen MR) is 67.9 cm³/mol. The molecule has 0 aromatic carbocycles. The molecule has 0 aromatic heterocycles. The molecular weight excluding hydrogens is 238 g/mol. The van der Waals surface area contributed by atoms with Crippen molar-refractivity contribution >= 4 is 10.2 Å². The number of nitrogens with zero attached hydrogens (tertiary/aromatic N) is 1. The molecular formula is C11H21N3O2S. The van der Waals surface area contributed by atoms with Gasteiger partial charge in [-0.05, 0) is 25.8 Å². The molecule has 0 spiro atoms. The van der Waals surface area contributed by atoms with Crippen molar-refractivity contribution in [1.82, 2.24) is 14.3 Å². The van der Waals surface area contributed by atoms with E-state index in [9.17, 15) is 8.42 Å². The van der Waals surface area contributed by atoms with Crippen LogP contribution in [0, 0.1) is 0 Å². The molecule has 0 aromatic rings. The highest BCUT2D eigenvalue weighted by atomic mass is 32.2. The second kappa shape index (κ2) is 5.95. The fraction of sp³-hybridized carbons (Fsp3) is 0.818. The summed E-state index contributed by atoms with van der Waals surface area (Å²) in [5, 5.41) is 3.21. The predicted octanol–water partition coefficient (Wildman–Crippen LogP) is 0.226. The summed E-state index contributed by atoms with van der Waals surface area (Å²) in [5.74, 6) is 0. The summed E-state index contributed by atoms with van der Waals surface area (Å²) in [7, 11) is -3.26. The van der Waals surface area contributed by atoms with Gasteiger partial charge < -0.3 is 5.32 Å². The molecule has 17 heavy (non-hydrogen) atoms. The Morgan fingerprint density at radius 2 is 2.06 bits per heavy atom. The normalized spacial score (nSPS) is 23.4. The van der Waals surface area contributed by atoms with Crippen LogP contribution in [0.5, 0.6) is 0 Å². The maximum absolute atomic E-state index is 12.0. The Balaban J connectivity index is 1.86. The second-order valence-corrected chi connectivity index (χ2v) is 6.36.